The van der Waals surface area contributed by atoms with Crippen LogP contribution < -0.4 is 24.5 Å². The van der Waals surface area contributed by atoms with E-state index in [0.29, 0.717) is 40.1 Å². The van der Waals surface area contributed by atoms with Gasteiger partial charge in [-0.1, -0.05) is 17.7 Å². The predicted molar refractivity (Wildman–Crippen MR) is 178 cm³/mol. The van der Waals surface area contributed by atoms with Crippen molar-refractivity contribution >= 4 is 62.8 Å². The Morgan fingerprint density at radius 2 is 1.58 bits per heavy atom. The molecule has 4 rings (SSSR count). The maximum absolute atomic E-state index is 13.6. The summed E-state index contributed by atoms with van der Waals surface area (Å²) in [6.45, 7) is 1.59. The number of carbonyl (C=O) groups excluding carboxylic acids is 2. The van der Waals surface area contributed by atoms with Crippen molar-refractivity contribution in [3.63, 3.8) is 0 Å². The molecule has 0 fully saturated rings. The first kappa shape index (κ1) is 33.4. The van der Waals surface area contributed by atoms with Gasteiger partial charge in [-0.3, -0.25) is 13.9 Å². The molecule has 0 bridgehead atoms. The Morgan fingerprint density at radius 3 is 2.22 bits per heavy atom. The summed E-state index contributed by atoms with van der Waals surface area (Å²) < 4.78 is 39.3. The number of benzene rings is 4. The lowest BCUT2D eigenvalue weighted by Crippen LogP contribution is -2.39. The van der Waals surface area contributed by atoms with Crippen molar-refractivity contribution in [2.24, 2.45) is 5.10 Å². The smallest absolute Gasteiger partial charge is 0.264 e. The summed E-state index contributed by atoms with van der Waals surface area (Å²) in [5.41, 5.74) is 3.88. The molecule has 0 aliphatic carbocycles. The van der Waals surface area contributed by atoms with Crippen LogP contribution in [0.5, 0.6) is 11.5 Å². The number of nitrogens with one attached hydrogen (secondary N) is 2. The second kappa shape index (κ2) is 16.0. The molecule has 4 aromatic carbocycles. The third kappa shape index (κ3) is 9.73. The molecule has 234 valence electrons. The van der Waals surface area contributed by atoms with E-state index in [1.807, 2.05) is 13.2 Å². The molecule has 2 N–H and O–H groups in total. The lowest BCUT2D eigenvalue weighted by molar-refractivity contribution is -0.119. The molecule has 0 radical (unpaired) electrons. The SMILES string of the molecule is CCOc1ccc(N(CC(=O)N/N=C\c2ccc(OCC(=O)Nc3cccc(Cl)c3)cc2)S(=O)(=O)c2ccc(SC)cc2)cc1. The summed E-state index contributed by atoms with van der Waals surface area (Å²) >= 11 is 7.43. The van der Waals surface area contributed by atoms with Crippen molar-refractivity contribution in [3.8, 4) is 11.5 Å². The van der Waals surface area contributed by atoms with Crippen molar-refractivity contribution < 1.29 is 27.5 Å². The molecule has 0 unspecified atom stereocenters. The Hall–Kier alpha value is -4.52. The van der Waals surface area contributed by atoms with E-state index in [0.717, 1.165) is 9.20 Å². The molecule has 10 nitrogen and oxygen atoms in total. The Kier molecular flexibility index (Phi) is 11.9. The highest BCUT2D eigenvalue weighted by molar-refractivity contribution is 7.98. The van der Waals surface area contributed by atoms with E-state index in [-0.39, 0.29) is 17.4 Å². The van der Waals surface area contributed by atoms with Gasteiger partial charge in [-0.25, -0.2) is 13.8 Å². The van der Waals surface area contributed by atoms with Crippen LogP contribution in [-0.4, -0.2) is 52.5 Å². The topological polar surface area (TPSA) is 126 Å². The summed E-state index contributed by atoms with van der Waals surface area (Å²) in [6, 6.07) is 26.4. The van der Waals surface area contributed by atoms with Gasteiger partial charge in [0.1, 0.15) is 18.0 Å². The number of amides is 2. The van der Waals surface area contributed by atoms with Gasteiger partial charge >= 0.3 is 0 Å². The van der Waals surface area contributed by atoms with Gasteiger partial charge in [0.15, 0.2) is 6.61 Å². The van der Waals surface area contributed by atoms with Gasteiger partial charge in [0.25, 0.3) is 21.8 Å². The van der Waals surface area contributed by atoms with Crippen molar-refractivity contribution in [3.05, 3.63) is 108 Å². The first-order valence-corrected chi connectivity index (χ1v) is 16.7. The highest BCUT2D eigenvalue weighted by Gasteiger charge is 2.27. The highest BCUT2D eigenvalue weighted by Crippen LogP contribution is 2.27. The highest BCUT2D eigenvalue weighted by atomic mass is 35.5. The molecule has 0 aromatic heterocycles. The van der Waals surface area contributed by atoms with Crippen molar-refractivity contribution in [1.82, 2.24) is 5.43 Å². The molecule has 0 atom stereocenters. The summed E-state index contributed by atoms with van der Waals surface area (Å²) in [4.78, 5) is 26.0. The van der Waals surface area contributed by atoms with Crippen LogP contribution in [0, 0.1) is 0 Å². The number of hydrogen-bond acceptors (Lipinski definition) is 8. The Morgan fingerprint density at radius 1 is 0.911 bits per heavy atom. The van der Waals surface area contributed by atoms with Crippen molar-refractivity contribution in [2.45, 2.75) is 16.7 Å². The third-order valence-electron chi connectivity index (χ3n) is 6.13. The van der Waals surface area contributed by atoms with Crippen LogP contribution in [-0.2, 0) is 19.6 Å². The predicted octanol–water partition coefficient (Wildman–Crippen LogP) is 5.82. The molecule has 4 aromatic rings. The number of sulfonamides is 1. The van der Waals surface area contributed by atoms with Gasteiger partial charge in [0, 0.05) is 15.6 Å². The molecule has 0 heterocycles. The average molecular weight is 667 g/mol. The van der Waals surface area contributed by atoms with E-state index < -0.39 is 22.5 Å². The molecular weight excluding hydrogens is 636 g/mol. The minimum Gasteiger partial charge on any atom is -0.494 e. The number of ether oxygens (including phenoxy) is 2. The van der Waals surface area contributed by atoms with E-state index >= 15 is 0 Å². The van der Waals surface area contributed by atoms with Crippen LogP contribution in [0.2, 0.25) is 5.02 Å². The van der Waals surface area contributed by atoms with Gasteiger partial charge in [-0.15, -0.1) is 11.8 Å². The molecule has 0 aliphatic heterocycles. The summed E-state index contributed by atoms with van der Waals surface area (Å²) in [5.74, 6) is 0.0485. The maximum Gasteiger partial charge on any atom is 0.264 e. The molecule has 0 aliphatic rings. The fourth-order valence-electron chi connectivity index (χ4n) is 3.97. The van der Waals surface area contributed by atoms with Crippen LogP contribution in [0.25, 0.3) is 0 Å². The van der Waals surface area contributed by atoms with Crippen LogP contribution >= 0.6 is 23.4 Å². The third-order valence-corrected chi connectivity index (χ3v) is 8.90. The van der Waals surface area contributed by atoms with Gasteiger partial charge in [-0.2, -0.15) is 5.10 Å². The second-order valence-corrected chi connectivity index (χ2v) is 12.5. The molecule has 0 saturated carbocycles. The Balaban J connectivity index is 1.37. The first-order chi connectivity index (χ1) is 21.7. The number of hydrazone groups is 1. The van der Waals surface area contributed by atoms with Crippen LogP contribution in [0.1, 0.15) is 12.5 Å². The average Bonchev–Trinajstić information content (AvgIpc) is 3.04. The standard InChI is InChI=1S/C32H31ClN4O6S2/c1-3-42-27-13-9-26(10-14-27)37(45(40,41)30-17-15-29(44-2)16-18-30)21-31(38)36-34-20-23-7-11-28(12-8-23)43-22-32(39)35-25-6-4-5-24(33)19-25/h4-20H,3,21-22H2,1-2H3,(H,35,39)(H,36,38)/b34-20-. The molecule has 2 amide bonds. The summed E-state index contributed by atoms with van der Waals surface area (Å²) in [6.07, 6.45) is 3.30. The minimum absolute atomic E-state index is 0.0507. The number of thioether (sulfide) groups is 1. The van der Waals surface area contributed by atoms with Gasteiger partial charge in [-0.05, 0) is 110 Å². The van der Waals surface area contributed by atoms with Crippen molar-refractivity contribution in [2.75, 3.05) is 35.6 Å². The Bertz CT molecular complexity index is 1730. The number of anilines is 2. The Labute approximate surface area is 271 Å². The number of halogens is 1. The molecule has 13 heteroatoms. The molecular formula is C32H31ClN4O6S2. The van der Waals surface area contributed by atoms with Crippen LogP contribution in [0.4, 0.5) is 11.4 Å². The zero-order valence-electron chi connectivity index (χ0n) is 24.5. The van der Waals surface area contributed by atoms with E-state index in [9.17, 15) is 18.0 Å². The second-order valence-electron chi connectivity index (χ2n) is 9.32. The monoisotopic (exact) mass is 666 g/mol. The quantitative estimate of drug-likeness (QED) is 0.0986. The largest absolute Gasteiger partial charge is 0.494 e. The summed E-state index contributed by atoms with van der Waals surface area (Å²) in [7, 11) is -4.09. The fourth-order valence-corrected chi connectivity index (χ4v) is 5.99. The van der Waals surface area contributed by atoms with E-state index in [1.165, 1.54) is 30.1 Å². The molecule has 45 heavy (non-hydrogen) atoms. The zero-order valence-corrected chi connectivity index (χ0v) is 26.9. The van der Waals surface area contributed by atoms with Crippen LogP contribution in [0.15, 0.2) is 112 Å². The molecule has 0 spiro atoms. The van der Waals surface area contributed by atoms with Gasteiger partial charge < -0.3 is 14.8 Å². The maximum atomic E-state index is 13.6. The van der Waals surface area contributed by atoms with Crippen molar-refractivity contribution in [1.29, 1.82) is 0 Å². The zero-order chi connectivity index (χ0) is 32.2. The number of rotatable bonds is 14. The number of hydrogen-bond donors (Lipinski definition) is 2. The molecule has 0 saturated heterocycles. The first-order valence-electron chi connectivity index (χ1n) is 13.7. The van der Waals surface area contributed by atoms with E-state index in [2.05, 4.69) is 15.8 Å². The normalized spacial score (nSPS) is 11.2. The van der Waals surface area contributed by atoms with Crippen LogP contribution in [0.3, 0.4) is 0 Å². The lowest BCUT2D eigenvalue weighted by atomic mass is 10.2. The number of nitrogens with zero attached hydrogens (tertiary/aromatic N) is 2. The lowest BCUT2D eigenvalue weighted by Gasteiger charge is -2.24. The fraction of sp³-hybridized carbons (Fsp3) is 0.156. The van der Waals surface area contributed by atoms with E-state index in [1.54, 1.807) is 84.9 Å². The van der Waals surface area contributed by atoms with E-state index in [4.69, 9.17) is 21.1 Å². The number of carbonyl (C=O) groups is 2. The minimum atomic E-state index is -4.09. The van der Waals surface area contributed by atoms with Gasteiger partial charge in [0.05, 0.1) is 23.4 Å². The summed E-state index contributed by atoms with van der Waals surface area (Å²) in [5, 5.41) is 7.19. The van der Waals surface area contributed by atoms with Gasteiger partial charge in [0.2, 0.25) is 0 Å².